The van der Waals surface area contributed by atoms with Crippen LogP contribution in [0.1, 0.15) is 50.5 Å². The highest BCUT2D eigenvalue weighted by molar-refractivity contribution is 6.07. The van der Waals surface area contributed by atoms with Gasteiger partial charge in [0.05, 0.1) is 0 Å². The van der Waals surface area contributed by atoms with Crippen LogP contribution in [-0.4, -0.2) is 35.7 Å². The average molecular weight is 340 g/mol. The van der Waals surface area contributed by atoms with Crippen LogP contribution in [0.3, 0.4) is 0 Å². The number of hydrogen-bond acceptors (Lipinski definition) is 4. The molecule has 5 heteroatoms. The smallest absolute Gasteiger partial charge is 0.272 e. The van der Waals surface area contributed by atoms with Crippen molar-refractivity contribution in [2.75, 3.05) is 24.5 Å². The highest BCUT2D eigenvalue weighted by atomic mass is 16.1. The molecule has 1 fully saturated rings. The molecule has 2 heterocycles. The number of carbonyl (C=O) groups is 1. The lowest BCUT2D eigenvalue weighted by Crippen LogP contribution is -2.34. The van der Waals surface area contributed by atoms with E-state index in [2.05, 4.69) is 41.2 Å². The second-order valence-corrected chi connectivity index (χ2v) is 7.53. The summed E-state index contributed by atoms with van der Waals surface area (Å²) in [7, 11) is 0. The van der Waals surface area contributed by atoms with Gasteiger partial charge >= 0.3 is 0 Å². The molecular weight excluding hydrogens is 312 g/mol. The first kappa shape index (κ1) is 17.6. The molecule has 0 radical (unpaired) electrons. The summed E-state index contributed by atoms with van der Waals surface area (Å²) in [4.78, 5) is 14.8. The zero-order chi connectivity index (χ0) is 17.8. The van der Waals surface area contributed by atoms with Crippen molar-refractivity contribution >= 4 is 22.5 Å². The molecular formula is C20H28N4O. The van der Waals surface area contributed by atoms with E-state index < -0.39 is 0 Å². The van der Waals surface area contributed by atoms with Crippen LogP contribution in [0.5, 0.6) is 0 Å². The lowest BCUT2D eigenvalue weighted by atomic mass is 9.99. The van der Waals surface area contributed by atoms with Crippen LogP contribution < -0.4 is 10.2 Å². The first-order valence-corrected chi connectivity index (χ1v) is 9.35. The SMILES string of the molecule is CC(C)CCNC(=O)c1nnc(N2CCC(C)CC2)c2ccccc12. The summed E-state index contributed by atoms with van der Waals surface area (Å²) < 4.78 is 0. The van der Waals surface area contributed by atoms with Gasteiger partial charge in [-0.1, -0.05) is 45.0 Å². The van der Waals surface area contributed by atoms with Crippen molar-refractivity contribution in [3.05, 3.63) is 30.0 Å². The minimum absolute atomic E-state index is 0.136. The Hall–Kier alpha value is -2.17. The third-order valence-corrected chi connectivity index (χ3v) is 4.97. The van der Waals surface area contributed by atoms with Crippen LogP contribution in [0.4, 0.5) is 5.82 Å². The Morgan fingerprint density at radius 3 is 2.56 bits per heavy atom. The van der Waals surface area contributed by atoms with Crippen molar-refractivity contribution in [3.8, 4) is 0 Å². The fraction of sp³-hybridized carbons (Fsp3) is 0.550. The zero-order valence-electron chi connectivity index (χ0n) is 15.5. The number of benzene rings is 1. The van der Waals surface area contributed by atoms with E-state index in [1.54, 1.807) is 0 Å². The maximum Gasteiger partial charge on any atom is 0.272 e. The summed E-state index contributed by atoms with van der Waals surface area (Å²) in [5.74, 6) is 2.10. The highest BCUT2D eigenvalue weighted by Crippen LogP contribution is 2.29. The number of carbonyl (C=O) groups excluding carboxylic acids is 1. The van der Waals surface area contributed by atoms with Gasteiger partial charge in [-0.3, -0.25) is 4.79 Å². The lowest BCUT2D eigenvalue weighted by molar-refractivity contribution is 0.0948. The molecule has 0 aliphatic carbocycles. The Labute approximate surface area is 149 Å². The van der Waals surface area contributed by atoms with Gasteiger partial charge in [-0.2, -0.15) is 0 Å². The van der Waals surface area contributed by atoms with Crippen molar-refractivity contribution in [3.63, 3.8) is 0 Å². The van der Waals surface area contributed by atoms with E-state index in [0.717, 1.165) is 42.0 Å². The van der Waals surface area contributed by atoms with Crippen molar-refractivity contribution in [1.82, 2.24) is 15.5 Å². The molecule has 1 aliphatic rings. The maximum atomic E-state index is 12.5. The molecule has 1 aromatic carbocycles. The van der Waals surface area contributed by atoms with Crippen LogP contribution >= 0.6 is 0 Å². The van der Waals surface area contributed by atoms with Gasteiger partial charge < -0.3 is 10.2 Å². The van der Waals surface area contributed by atoms with E-state index in [-0.39, 0.29) is 5.91 Å². The van der Waals surface area contributed by atoms with E-state index in [1.165, 1.54) is 12.8 Å². The van der Waals surface area contributed by atoms with E-state index >= 15 is 0 Å². The number of hydrogen-bond donors (Lipinski definition) is 1. The predicted molar refractivity (Wildman–Crippen MR) is 102 cm³/mol. The zero-order valence-corrected chi connectivity index (χ0v) is 15.5. The number of amides is 1. The molecule has 2 aromatic rings. The van der Waals surface area contributed by atoms with Crippen molar-refractivity contribution in [2.45, 2.75) is 40.0 Å². The minimum Gasteiger partial charge on any atom is -0.355 e. The molecule has 1 N–H and O–H groups in total. The van der Waals surface area contributed by atoms with E-state index in [9.17, 15) is 4.79 Å². The number of rotatable bonds is 5. The van der Waals surface area contributed by atoms with Crippen molar-refractivity contribution < 1.29 is 4.79 Å². The minimum atomic E-state index is -0.136. The van der Waals surface area contributed by atoms with E-state index in [4.69, 9.17) is 0 Å². The molecule has 1 amide bonds. The summed E-state index contributed by atoms with van der Waals surface area (Å²) in [6, 6.07) is 7.97. The van der Waals surface area contributed by atoms with Gasteiger partial charge in [0.15, 0.2) is 11.5 Å². The number of fused-ring (bicyclic) bond motifs is 1. The maximum absolute atomic E-state index is 12.5. The summed E-state index contributed by atoms with van der Waals surface area (Å²) in [6.45, 7) is 9.26. The molecule has 0 spiro atoms. The number of anilines is 1. The summed E-state index contributed by atoms with van der Waals surface area (Å²) in [5, 5.41) is 13.6. The molecule has 134 valence electrons. The van der Waals surface area contributed by atoms with Crippen LogP contribution in [0.2, 0.25) is 0 Å². The van der Waals surface area contributed by atoms with Gasteiger partial charge in [0.25, 0.3) is 5.91 Å². The fourth-order valence-corrected chi connectivity index (χ4v) is 3.27. The fourth-order valence-electron chi connectivity index (χ4n) is 3.27. The number of nitrogens with one attached hydrogen (secondary N) is 1. The van der Waals surface area contributed by atoms with E-state index in [0.29, 0.717) is 18.2 Å². The standard InChI is InChI=1S/C20H28N4O/c1-14(2)8-11-21-20(25)18-16-6-4-5-7-17(16)19(23-22-18)24-12-9-15(3)10-13-24/h4-7,14-15H,8-13H2,1-3H3,(H,21,25). The third-order valence-electron chi connectivity index (χ3n) is 4.97. The molecule has 25 heavy (non-hydrogen) atoms. The summed E-state index contributed by atoms with van der Waals surface area (Å²) >= 11 is 0. The first-order chi connectivity index (χ1) is 12.1. The number of aromatic nitrogens is 2. The largest absolute Gasteiger partial charge is 0.355 e. The normalized spacial score (nSPS) is 15.8. The van der Waals surface area contributed by atoms with Crippen molar-refractivity contribution in [2.24, 2.45) is 11.8 Å². The van der Waals surface area contributed by atoms with Gasteiger partial charge in [0, 0.05) is 30.4 Å². The summed E-state index contributed by atoms with van der Waals surface area (Å²) in [6.07, 6.45) is 3.31. The van der Waals surface area contributed by atoms with Crippen LogP contribution in [0, 0.1) is 11.8 Å². The van der Waals surface area contributed by atoms with Gasteiger partial charge in [-0.25, -0.2) is 0 Å². The number of piperidine rings is 1. The molecule has 0 saturated carbocycles. The Kier molecular flexibility index (Phi) is 5.51. The molecule has 0 unspecified atom stereocenters. The van der Waals surface area contributed by atoms with Gasteiger partial charge in [0.2, 0.25) is 0 Å². The van der Waals surface area contributed by atoms with Gasteiger partial charge in [0.1, 0.15) is 0 Å². The van der Waals surface area contributed by atoms with Crippen molar-refractivity contribution in [1.29, 1.82) is 0 Å². The predicted octanol–water partition coefficient (Wildman–Crippen LogP) is 3.64. The van der Waals surface area contributed by atoms with E-state index in [1.807, 2.05) is 24.3 Å². The van der Waals surface area contributed by atoms with Crippen LogP contribution in [0.25, 0.3) is 10.8 Å². The summed E-state index contributed by atoms with van der Waals surface area (Å²) in [5.41, 5.74) is 0.425. The third kappa shape index (κ3) is 4.09. The number of nitrogens with zero attached hydrogens (tertiary/aromatic N) is 3. The second kappa shape index (κ2) is 7.81. The molecule has 3 rings (SSSR count). The molecule has 0 bridgehead atoms. The van der Waals surface area contributed by atoms with Gasteiger partial charge in [-0.05, 0) is 31.1 Å². The molecule has 1 aliphatic heterocycles. The average Bonchev–Trinajstić information content (AvgIpc) is 2.61. The first-order valence-electron chi connectivity index (χ1n) is 9.35. The topological polar surface area (TPSA) is 58.1 Å². The Morgan fingerprint density at radius 2 is 1.88 bits per heavy atom. The van der Waals surface area contributed by atoms with Crippen LogP contribution in [-0.2, 0) is 0 Å². The quantitative estimate of drug-likeness (QED) is 0.903. The monoisotopic (exact) mass is 340 g/mol. The Bertz CT molecular complexity index is 736. The Balaban J connectivity index is 1.87. The molecule has 5 nitrogen and oxygen atoms in total. The second-order valence-electron chi connectivity index (χ2n) is 7.53. The Morgan fingerprint density at radius 1 is 1.20 bits per heavy atom. The molecule has 1 aromatic heterocycles. The van der Waals surface area contributed by atoms with Crippen LogP contribution in [0.15, 0.2) is 24.3 Å². The molecule has 0 atom stereocenters. The lowest BCUT2D eigenvalue weighted by Gasteiger charge is -2.31. The van der Waals surface area contributed by atoms with Gasteiger partial charge in [-0.15, -0.1) is 10.2 Å². The highest BCUT2D eigenvalue weighted by Gasteiger charge is 2.22. The molecule has 1 saturated heterocycles.